The predicted molar refractivity (Wildman–Crippen MR) is 66.5 cm³/mol. The molecule has 92 valence electrons. The summed E-state index contributed by atoms with van der Waals surface area (Å²) in [4.78, 5) is 23.6. The number of anilines is 1. The van der Waals surface area contributed by atoms with Crippen LogP contribution in [0.1, 0.15) is 12.0 Å². The number of aryl methyl sites for hydroxylation is 1. The Kier molecular flexibility index (Phi) is 4.97. The van der Waals surface area contributed by atoms with E-state index in [4.69, 9.17) is 16.7 Å². The van der Waals surface area contributed by atoms with Gasteiger partial charge >= 0.3 is 5.97 Å². The molecular weight excluding hydrogens is 242 g/mol. The van der Waals surface area contributed by atoms with E-state index in [1.807, 2.05) is 25.1 Å². The highest BCUT2D eigenvalue weighted by atomic mass is 35.5. The van der Waals surface area contributed by atoms with Crippen molar-refractivity contribution in [2.24, 2.45) is 0 Å². The van der Waals surface area contributed by atoms with Gasteiger partial charge in [-0.25, -0.2) is 0 Å². The molecule has 1 aromatic carbocycles. The van der Waals surface area contributed by atoms with Crippen LogP contribution in [0.2, 0.25) is 0 Å². The SMILES string of the molecule is Cc1cccc(N(CCC(=O)O)C(=O)CCl)c1. The highest BCUT2D eigenvalue weighted by Crippen LogP contribution is 2.16. The standard InChI is InChI=1S/C12H14ClNO3/c1-9-3-2-4-10(7-9)14(11(15)8-13)6-5-12(16)17/h2-4,7H,5-6,8H2,1H3,(H,16,17). The van der Waals surface area contributed by atoms with Gasteiger partial charge in [-0.1, -0.05) is 12.1 Å². The lowest BCUT2D eigenvalue weighted by atomic mass is 10.2. The van der Waals surface area contributed by atoms with Crippen LogP contribution in [0, 0.1) is 6.92 Å². The molecule has 1 rings (SSSR count). The smallest absolute Gasteiger partial charge is 0.305 e. The molecule has 0 aliphatic carbocycles. The number of aliphatic carboxylic acids is 1. The third-order valence-corrected chi connectivity index (χ3v) is 2.51. The number of amides is 1. The molecule has 0 aliphatic heterocycles. The molecular formula is C12H14ClNO3. The zero-order chi connectivity index (χ0) is 12.8. The second-order valence-electron chi connectivity index (χ2n) is 3.66. The zero-order valence-electron chi connectivity index (χ0n) is 9.52. The molecule has 0 bridgehead atoms. The van der Waals surface area contributed by atoms with Crippen LogP contribution in [-0.2, 0) is 9.59 Å². The number of benzene rings is 1. The van der Waals surface area contributed by atoms with Gasteiger partial charge in [-0.3, -0.25) is 9.59 Å². The summed E-state index contributed by atoms with van der Waals surface area (Å²) in [6.07, 6.45) is -0.101. The van der Waals surface area contributed by atoms with Gasteiger partial charge in [-0.05, 0) is 24.6 Å². The van der Waals surface area contributed by atoms with E-state index in [1.54, 1.807) is 6.07 Å². The van der Waals surface area contributed by atoms with Gasteiger partial charge in [0.1, 0.15) is 5.88 Å². The second-order valence-corrected chi connectivity index (χ2v) is 3.93. The van der Waals surface area contributed by atoms with E-state index in [1.165, 1.54) is 4.90 Å². The number of halogens is 1. The minimum atomic E-state index is -0.940. The summed E-state index contributed by atoms with van der Waals surface area (Å²) in [5.41, 5.74) is 1.68. The molecule has 0 heterocycles. The Morgan fingerprint density at radius 2 is 2.12 bits per heavy atom. The Morgan fingerprint density at radius 1 is 1.41 bits per heavy atom. The first kappa shape index (κ1) is 13.5. The lowest BCUT2D eigenvalue weighted by Crippen LogP contribution is -2.33. The Labute approximate surface area is 105 Å². The number of alkyl halides is 1. The van der Waals surface area contributed by atoms with Crippen molar-refractivity contribution in [2.45, 2.75) is 13.3 Å². The van der Waals surface area contributed by atoms with E-state index < -0.39 is 5.97 Å². The van der Waals surface area contributed by atoms with Gasteiger partial charge in [0.05, 0.1) is 6.42 Å². The Bertz CT molecular complexity index is 420. The number of hydrogen-bond donors (Lipinski definition) is 1. The lowest BCUT2D eigenvalue weighted by molar-refractivity contribution is -0.136. The molecule has 1 aromatic rings. The maximum absolute atomic E-state index is 11.6. The normalized spacial score (nSPS) is 10.0. The van der Waals surface area contributed by atoms with Gasteiger partial charge in [0.25, 0.3) is 0 Å². The largest absolute Gasteiger partial charge is 0.481 e. The molecule has 0 radical (unpaired) electrons. The summed E-state index contributed by atoms with van der Waals surface area (Å²) < 4.78 is 0. The van der Waals surface area contributed by atoms with Crippen molar-refractivity contribution in [3.8, 4) is 0 Å². The molecule has 5 heteroatoms. The summed E-state index contributed by atoms with van der Waals surface area (Å²) in [6.45, 7) is 2.04. The van der Waals surface area contributed by atoms with Gasteiger partial charge in [0.15, 0.2) is 0 Å². The van der Waals surface area contributed by atoms with Crippen molar-refractivity contribution in [2.75, 3.05) is 17.3 Å². The van der Waals surface area contributed by atoms with Gasteiger partial charge < -0.3 is 10.0 Å². The van der Waals surface area contributed by atoms with Crippen LogP contribution in [0.5, 0.6) is 0 Å². The van der Waals surface area contributed by atoms with Crippen LogP contribution in [0.15, 0.2) is 24.3 Å². The highest BCUT2D eigenvalue weighted by molar-refractivity contribution is 6.29. The van der Waals surface area contributed by atoms with Crippen molar-refractivity contribution in [1.29, 1.82) is 0 Å². The summed E-state index contributed by atoms with van der Waals surface area (Å²) in [5, 5.41) is 8.65. The number of nitrogens with zero attached hydrogens (tertiary/aromatic N) is 1. The molecule has 0 fully saturated rings. The first-order valence-corrected chi connectivity index (χ1v) is 5.73. The van der Waals surface area contributed by atoms with Crippen LogP contribution in [-0.4, -0.2) is 29.4 Å². The second kappa shape index (κ2) is 6.25. The van der Waals surface area contributed by atoms with Gasteiger partial charge in [-0.15, -0.1) is 11.6 Å². The van der Waals surface area contributed by atoms with Gasteiger partial charge in [0, 0.05) is 12.2 Å². The minimum absolute atomic E-state index is 0.101. The van der Waals surface area contributed by atoms with Crippen molar-refractivity contribution in [3.63, 3.8) is 0 Å². The molecule has 1 amide bonds. The van der Waals surface area contributed by atoms with Crippen LogP contribution in [0.25, 0.3) is 0 Å². The quantitative estimate of drug-likeness (QED) is 0.819. The fourth-order valence-electron chi connectivity index (χ4n) is 1.47. The maximum Gasteiger partial charge on any atom is 0.305 e. The van der Waals surface area contributed by atoms with Crippen molar-refractivity contribution in [1.82, 2.24) is 0 Å². The zero-order valence-corrected chi connectivity index (χ0v) is 10.3. The van der Waals surface area contributed by atoms with E-state index >= 15 is 0 Å². The maximum atomic E-state index is 11.6. The van der Waals surface area contributed by atoms with E-state index in [2.05, 4.69) is 0 Å². The molecule has 4 nitrogen and oxygen atoms in total. The summed E-state index contributed by atoms with van der Waals surface area (Å²) in [5.74, 6) is -1.39. The molecule has 17 heavy (non-hydrogen) atoms. The van der Waals surface area contributed by atoms with E-state index in [9.17, 15) is 9.59 Å². The third kappa shape index (κ3) is 4.07. The van der Waals surface area contributed by atoms with Crippen LogP contribution < -0.4 is 4.90 Å². The first-order chi connectivity index (χ1) is 8.04. The van der Waals surface area contributed by atoms with Crippen LogP contribution in [0.3, 0.4) is 0 Å². The molecule has 0 spiro atoms. The van der Waals surface area contributed by atoms with Crippen molar-refractivity contribution in [3.05, 3.63) is 29.8 Å². The first-order valence-electron chi connectivity index (χ1n) is 5.19. The number of carboxylic acids is 1. The van der Waals surface area contributed by atoms with Crippen LogP contribution in [0.4, 0.5) is 5.69 Å². The number of carbonyl (C=O) groups is 2. The lowest BCUT2D eigenvalue weighted by Gasteiger charge is -2.21. The molecule has 0 aromatic heterocycles. The summed E-state index contributed by atoms with van der Waals surface area (Å²) in [6, 6.07) is 7.32. The fourth-order valence-corrected chi connectivity index (χ4v) is 1.62. The van der Waals surface area contributed by atoms with Crippen LogP contribution >= 0.6 is 11.6 Å². The van der Waals surface area contributed by atoms with Crippen molar-refractivity contribution < 1.29 is 14.7 Å². The molecule has 1 N–H and O–H groups in total. The monoisotopic (exact) mass is 255 g/mol. The Morgan fingerprint density at radius 3 is 2.65 bits per heavy atom. The Balaban J connectivity index is 2.89. The molecule has 0 aliphatic rings. The van der Waals surface area contributed by atoms with Gasteiger partial charge in [-0.2, -0.15) is 0 Å². The number of carboxylic acid groups (broad SMARTS) is 1. The topological polar surface area (TPSA) is 57.6 Å². The highest BCUT2D eigenvalue weighted by Gasteiger charge is 2.15. The van der Waals surface area contributed by atoms with E-state index in [0.29, 0.717) is 5.69 Å². The third-order valence-electron chi connectivity index (χ3n) is 2.28. The predicted octanol–water partition coefficient (Wildman–Crippen LogP) is 2.04. The molecule has 0 atom stereocenters. The summed E-state index contributed by atoms with van der Waals surface area (Å²) in [7, 11) is 0. The molecule has 0 saturated heterocycles. The Hall–Kier alpha value is -1.55. The average molecular weight is 256 g/mol. The molecule has 0 saturated carbocycles. The minimum Gasteiger partial charge on any atom is -0.481 e. The average Bonchev–Trinajstić information content (AvgIpc) is 2.28. The van der Waals surface area contributed by atoms with E-state index in [0.717, 1.165) is 5.56 Å². The van der Waals surface area contributed by atoms with Gasteiger partial charge in [0.2, 0.25) is 5.91 Å². The van der Waals surface area contributed by atoms with E-state index in [-0.39, 0.29) is 24.8 Å². The number of hydrogen-bond acceptors (Lipinski definition) is 2. The molecule has 0 unspecified atom stereocenters. The fraction of sp³-hybridized carbons (Fsp3) is 0.333. The number of carbonyl (C=O) groups excluding carboxylic acids is 1. The number of rotatable bonds is 5. The van der Waals surface area contributed by atoms with Crippen molar-refractivity contribution >= 4 is 29.2 Å². The summed E-state index contributed by atoms with van der Waals surface area (Å²) >= 11 is 5.51.